The van der Waals surface area contributed by atoms with Gasteiger partial charge in [-0.3, -0.25) is 14.5 Å². The van der Waals surface area contributed by atoms with Crippen LogP contribution in [-0.4, -0.2) is 55.2 Å². The minimum absolute atomic E-state index is 0.0152. The van der Waals surface area contributed by atoms with E-state index >= 15 is 0 Å². The zero-order chi connectivity index (χ0) is 21.3. The maximum Gasteiger partial charge on any atom is 0.261 e. The fourth-order valence-corrected chi connectivity index (χ4v) is 4.42. The van der Waals surface area contributed by atoms with Crippen LogP contribution >= 0.6 is 0 Å². The van der Waals surface area contributed by atoms with Gasteiger partial charge in [-0.25, -0.2) is 4.68 Å². The summed E-state index contributed by atoms with van der Waals surface area (Å²) in [4.78, 5) is 26.4. The first-order chi connectivity index (χ1) is 14.9. The van der Waals surface area contributed by atoms with Crippen LogP contribution in [0.3, 0.4) is 0 Å². The standard InChI is InChI=1S/C22H19N5O4/c1-22(2)18-17(30-18)15-11-12(7-8-16(15)31-22)19-23-24-25-27(19)10-9-26-20(28)13-5-3-4-6-14(13)21(26)29/h3-8,11,17-18H,9-10H2,1-2H3/t17-,18-/m0/s1. The minimum Gasteiger partial charge on any atom is -0.485 e. The highest BCUT2D eigenvalue weighted by atomic mass is 16.6. The molecule has 4 heterocycles. The Hall–Kier alpha value is -3.59. The lowest BCUT2D eigenvalue weighted by Gasteiger charge is -2.29. The zero-order valence-electron chi connectivity index (χ0n) is 17.0. The van der Waals surface area contributed by atoms with Gasteiger partial charge < -0.3 is 9.47 Å². The van der Waals surface area contributed by atoms with Gasteiger partial charge in [0.05, 0.1) is 17.7 Å². The van der Waals surface area contributed by atoms with E-state index in [-0.39, 0.29) is 42.7 Å². The van der Waals surface area contributed by atoms with Gasteiger partial charge in [0.25, 0.3) is 11.8 Å². The molecule has 2 amide bonds. The van der Waals surface area contributed by atoms with Crippen LogP contribution in [0.2, 0.25) is 0 Å². The van der Waals surface area contributed by atoms with Crippen LogP contribution in [0.1, 0.15) is 46.2 Å². The number of hydrogen-bond acceptors (Lipinski definition) is 7. The smallest absolute Gasteiger partial charge is 0.261 e. The van der Waals surface area contributed by atoms with Crippen molar-refractivity contribution in [1.82, 2.24) is 25.1 Å². The summed E-state index contributed by atoms with van der Waals surface area (Å²) < 4.78 is 13.5. The van der Waals surface area contributed by atoms with Crippen LogP contribution in [0.25, 0.3) is 11.4 Å². The number of fused-ring (bicyclic) bond motifs is 4. The Morgan fingerprint density at radius 2 is 1.77 bits per heavy atom. The number of benzene rings is 2. The van der Waals surface area contributed by atoms with Crippen LogP contribution < -0.4 is 4.74 Å². The highest BCUT2D eigenvalue weighted by molar-refractivity contribution is 6.21. The Kier molecular flexibility index (Phi) is 3.64. The number of imide groups is 1. The number of carbonyl (C=O) groups excluding carboxylic acids is 2. The van der Waals surface area contributed by atoms with Crippen molar-refractivity contribution in [3.8, 4) is 17.1 Å². The minimum atomic E-state index is -0.354. The Balaban J connectivity index is 1.24. The molecule has 31 heavy (non-hydrogen) atoms. The Labute approximate surface area is 177 Å². The third-order valence-electron chi connectivity index (χ3n) is 6.07. The lowest BCUT2D eigenvalue weighted by molar-refractivity contribution is 0.0647. The summed E-state index contributed by atoms with van der Waals surface area (Å²) in [7, 11) is 0. The number of hydrogen-bond donors (Lipinski definition) is 0. The topological polar surface area (TPSA) is 103 Å². The summed E-state index contributed by atoms with van der Waals surface area (Å²) >= 11 is 0. The van der Waals surface area contributed by atoms with Gasteiger partial charge in [0.2, 0.25) is 0 Å². The monoisotopic (exact) mass is 417 g/mol. The molecule has 3 aliphatic heterocycles. The summed E-state index contributed by atoms with van der Waals surface area (Å²) in [6, 6.07) is 12.6. The molecule has 0 spiro atoms. The van der Waals surface area contributed by atoms with E-state index in [1.807, 2.05) is 32.0 Å². The predicted molar refractivity (Wildman–Crippen MR) is 107 cm³/mol. The fourth-order valence-electron chi connectivity index (χ4n) is 4.42. The molecule has 0 aliphatic carbocycles. The van der Waals surface area contributed by atoms with E-state index < -0.39 is 0 Å². The average molecular weight is 417 g/mol. The number of aromatic nitrogens is 4. The van der Waals surface area contributed by atoms with Crippen molar-refractivity contribution in [3.63, 3.8) is 0 Å². The molecule has 0 N–H and O–H groups in total. The molecule has 3 aliphatic rings. The molecule has 6 rings (SSSR count). The summed E-state index contributed by atoms with van der Waals surface area (Å²) in [5.74, 6) is 0.778. The van der Waals surface area contributed by atoms with Crippen LogP contribution in [0.4, 0.5) is 0 Å². The molecule has 9 nitrogen and oxygen atoms in total. The molecule has 3 aromatic rings. The second-order valence-electron chi connectivity index (χ2n) is 8.47. The number of rotatable bonds is 4. The highest BCUT2D eigenvalue weighted by Crippen LogP contribution is 2.54. The third kappa shape index (κ3) is 2.70. The van der Waals surface area contributed by atoms with Crippen molar-refractivity contribution in [1.29, 1.82) is 0 Å². The van der Waals surface area contributed by atoms with Crippen LogP contribution in [0, 0.1) is 0 Å². The number of amides is 2. The van der Waals surface area contributed by atoms with E-state index in [1.54, 1.807) is 28.9 Å². The molecule has 9 heteroatoms. The Morgan fingerprint density at radius 1 is 1.03 bits per heavy atom. The maximum absolute atomic E-state index is 12.6. The number of nitrogens with zero attached hydrogens (tertiary/aromatic N) is 5. The molecular formula is C22H19N5O4. The third-order valence-corrected chi connectivity index (χ3v) is 6.07. The lowest BCUT2D eigenvalue weighted by atomic mass is 9.93. The van der Waals surface area contributed by atoms with Gasteiger partial charge in [0.1, 0.15) is 23.6 Å². The van der Waals surface area contributed by atoms with Gasteiger partial charge in [0, 0.05) is 17.7 Å². The quantitative estimate of drug-likeness (QED) is 0.474. The molecule has 2 atom stereocenters. The summed E-state index contributed by atoms with van der Waals surface area (Å²) in [5, 5.41) is 12.0. The van der Waals surface area contributed by atoms with Crippen LogP contribution in [0.15, 0.2) is 42.5 Å². The molecule has 0 radical (unpaired) electrons. The summed E-state index contributed by atoms with van der Waals surface area (Å²) in [5.41, 5.74) is 2.31. The van der Waals surface area contributed by atoms with Crippen molar-refractivity contribution >= 4 is 11.8 Å². The van der Waals surface area contributed by atoms with E-state index in [9.17, 15) is 9.59 Å². The number of tetrazole rings is 1. The number of ether oxygens (including phenoxy) is 2. The van der Waals surface area contributed by atoms with Gasteiger partial charge in [-0.2, -0.15) is 0 Å². The van der Waals surface area contributed by atoms with Gasteiger partial charge in [-0.15, -0.1) is 5.10 Å². The van der Waals surface area contributed by atoms with Gasteiger partial charge in [-0.05, 0) is 54.6 Å². The molecule has 156 valence electrons. The molecule has 2 aromatic carbocycles. The molecule has 0 unspecified atom stereocenters. The lowest BCUT2D eigenvalue weighted by Crippen LogP contribution is -2.37. The molecular weight excluding hydrogens is 398 g/mol. The van der Waals surface area contributed by atoms with Crippen molar-refractivity contribution in [2.75, 3.05) is 6.54 Å². The van der Waals surface area contributed by atoms with Crippen LogP contribution in [0.5, 0.6) is 5.75 Å². The predicted octanol–water partition coefficient (Wildman–Crippen LogP) is 2.25. The first-order valence-electron chi connectivity index (χ1n) is 10.1. The fraction of sp³-hybridized carbons (Fsp3) is 0.318. The average Bonchev–Trinajstić information content (AvgIpc) is 3.40. The second-order valence-corrected chi connectivity index (χ2v) is 8.47. The molecule has 1 saturated heterocycles. The maximum atomic E-state index is 12.6. The summed E-state index contributed by atoms with van der Waals surface area (Å²) in [6.07, 6.45) is 0.0569. The van der Waals surface area contributed by atoms with Gasteiger partial charge in [0.15, 0.2) is 5.82 Å². The zero-order valence-corrected chi connectivity index (χ0v) is 17.0. The first-order valence-corrected chi connectivity index (χ1v) is 10.1. The van der Waals surface area contributed by atoms with E-state index in [2.05, 4.69) is 15.5 Å². The summed E-state index contributed by atoms with van der Waals surface area (Å²) in [6.45, 7) is 4.51. The van der Waals surface area contributed by atoms with Crippen molar-refractivity contribution in [2.24, 2.45) is 0 Å². The molecule has 0 saturated carbocycles. The number of carbonyl (C=O) groups is 2. The van der Waals surface area contributed by atoms with E-state index in [4.69, 9.17) is 9.47 Å². The number of epoxide rings is 1. The second kappa shape index (κ2) is 6.21. The van der Waals surface area contributed by atoms with Gasteiger partial charge >= 0.3 is 0 Å². The molecule has 1 fully saturated rings. The first kappa shape index (κ1) is 18.2. The van der Waals surface area contributed by atoms with Gasteiger partial charge in [-0.1, -0.05) is 12.1 Å². The Bertz CT molecular complexity index is 1220. The van der Waals surface area contributed by atoms with E-state index in [1.165, 1.54) is 4.90 Å². The van der Waals surface area contributed by atoms with Crippen LogP contribution in [-0.2, 0) is 11.3 Å². The largest absolute Gasteiger partial charge is 0.485 e. The van der Waals surface area contributed by atoms with E-state index in [0.717, 1.165) is 16.9 Å². The van der Waals surface area contributed by atoms with Crippen molar-refractivity contribution < 1.29 is 19.1 Å². The van der Waals surface area contributed by atoms with E-state index in [0.29, 0.717) is 17.0 Å². The highest BCUT2D eigenvalue weighted by Gasteiger charge is 2.56. The molecule has 0 bridgehead atoms. The Morgan fingerprint density at radius 3 is 2.52 bits per heavy atom. The normalized spacial score (nSPS) is 22.6. The molecule has 1 aromatic heterocycles. The van der Waals surface area contributed by atoms with Crippen molar-refractivity contribution in [3.05, 3.63) is 59.2 Å². The SMILES string of the molecule is CC1(C)Oc2ccc(-c3nnnn3CCN3C(=O)c4ccccc4C3=O)cc2[C@@H]2O[C@@H]21. The van der Waals surface area contributed by atoms with Crippen molar-refractivity contribution in [2.45, 2.75) is 38.2 Å².